The number of hydrogen-bond donors (Lipinski definition) is 0. The van der Waals surface area contributed by atoms with Gasteiger partial charge in [-0.1, -0.05) is 64.0 Å². The SMILES string of the molecule is CCCCCCCCCCC=CC1CC(=O)OC1=S. The fraction of sp³-hybridized carbons (Fsp3) is 0.750. The van der Waals surface area contributed by atoms with E-state index in [-0.39, 0.29) is 11.9 Å². The van der Waals surface area contributed by atoms with Crippen LogP contribution in [0.25, 0.3) is 0 Å². The minimum absolute atomic E-state index is 0.0385. The van der Waals surface area contributed by atoms with E-state index < -0.39 is 0 Å². The Morgan fingerprint density at radius 2 is 1.79 bits per heavy atom. The van der Waals surface area contributed by atoms with Crippen LogP contribution in [-0.2, 0) is 9.53 Å². The second-order valence-corrected chi connectivity index (χ2v) is 5.70. The van der Waals surface area contributed by atoms with Crippen LogP contribution in [0.1, 0.15) is 71.1 Å². The highest BCUT2D eigenvalue weighted by molar-refractivity contribution is 7.80. The summed E-state index contributed by atoms with van der Waals surface area (Å²) in [5, 5.41) is 0.442. The minimum Gasteiger partial charge on any atom is -0.418 e. The first-order valence-electron chi connectivity index (χ1n) is 7.65. The van der Waals surface area contributed by atoms with E-state index in [0.29, 0.717) is 11.5 Å². The lowest BCUT2D eigenvalue weighted by atomic mass is 10.1. The summed E-state index contributed by atoms with van der Waals surface area (Å²) in [6.45, 7) is 2.25. The third kappa shape index (κ3) is 7.46. The zero-order chi connectivity index (χ0) is 13.9. The first-order valence-corrected chi connectivity index (χ1v) is 8.06. The molecule has 1 unspecified atom stereocenters. The molecule has 0 amide bonds. The number of rotatable bonds is 10. The molecule has 19 heavy (non-hydrogen) atoms. The molecule has 1 atom stereocenters. The average molecular weight is 282 g/mol. The number of carbonyl (C=O) groups is 1. The molecule has 0 radical (unpaired) electrons. The Bertz CT molecular complexity index is 310. The van der Waals surface area contributed by atoms with E-state index in [0.717, 1.165) is 6.42 Å². The van der Waals surface area contributed by atoms with E-state index in [4.69, 9.17) is 17.0 Å². The van der Waals surface area contributed by atoms with Crippen LogP contribution in [0.5, 0.6) is 0 Å². The topological polar surface area (TPSA) is 26.3 Å². The van der Waals surface area contributed by atoms with Gasteiger partial charge in [-0.15, -0.1) is 0 Å². The summed E-state index contributed by atoms with van der Waals surface area (Å²) in [7, 11) is 0. The maximum Gasteiger partial charge on any atom is 0.312 e. The maximum atomic E-state index is 11.0. The molecule has 0 aromatic heterocycles. The van der Waals surface area contributed by atoms with Crippen molar-refractivity contribution in [2.75, 3.05) is 0 Å². The Morgan fingerprint density at radius 1 is 1.16 bits per heavy atom. The second kappa shape index (κ2) is 10.1. The van der Waals surface area contributed by atoms with Gasteiger partial charge in [0.25, 0.3) is 0 Å². The molecular formula is C16H26O2S. The highest BCUT2D eigenvalue weighted by Crippen LogP contribution is 2.19. The molecule has 3 heteroatoms. The predicted octanol–water partition coefficient (Wildman–Crippen LogP) is 4.96. The van der Waals surface area contributed by atoms with Gasteiger partial charge in [0, 0.05) is 0 Å². The van der Waals surface area contributed by atoms with Crippen molar-refractivity contribution in [2.45, 2.75) is 71.1 Å². The molecule has 0 N–H and O–H groups in total. The van der Waals surface area contributed by atoms with E-state index in [1.165, 1.54) is 51.4 Å². The minimum atomic E-state index is -0.188. The van der Waals surface area contributed by atoms with Gasteiger partial charge in [-0.2, -0.15) is 0 Å². The van der Waals surface area contributed by atoms with Crippen LogP contribution < -0.4 is 0 Å². The van der Waals surface area contributed by atoms with Crippen LogP contribution in [0.3, 0.4) is 0 Å². The zero-order valence-electron chi connectivity index (χ0n) is 12.0. The summed E-state index contributed by atoms with van der Waals surface area (Å²) in [4.78, 5) is 11.0. The lowest BCUT2D eigenvalue weighted by Crippen LogP contribution is -2.00. The number of esters is 1. The number of unbranched alkanes of at least 4 members (excludes halogenated alkanes) is 8. The monoisotopic (exact) mass is 282 g/mol. The number of allylic oxidation sites excluding steroid dienone is 1. The smallest absolute Gasteiger partial charge is 0.312 e. The molecular weight excluding hydrogens is 256 g/mol. The lowest BCUT2D eigenvalue weighted by Gasteiger charge is -2.00. The third-order valence-corrected chi connectivity index (χ3v) is 3.88. The van der Waals surface area contributed by atoms with Gasteiger partial charge >= 0.3 is 5.97 Å². The van der Waals surface area contributed by atoms with E-state index >= 15 is 0 Å². The molecule has 0 aliphatic carbocycles. The van der Waals surface area contributed by atoms with Crippen molar-refractivity contribution in [3.63, 3.8) is 0 Å². The molecule has 0 aromatic carbocycles. The number of carbonyl (C=O) groups excluding carboxylic acids is 1. The maximum absolute atomic E-state index is 11.0. The van der Waals surface area contributed by atoms with E-state index in [9.17, 15) is 4.79 Å². The van der Waals surface area contributed by atoms with Gasteiger partial charge in [0.05, 0.1) is 12.3 Å². The van der Waals surface area contributed by atoms with Crippen LogP contribution in [0, 0.1) is 5.92 Å². The summed E-state index contributed by atoms with van der Waals surface area (Å²) < 4.78 is 4.86. The Labute approximate surface area is 122 Å². The standard InChI is InChI=1S/C16H26O2S/c1-2-3-4-5-6-7-8-9-10-11-12-14-13-15(17)18-16(14)19/h11-12,14H,2-10,13H2,1H3. The van der Waals surface area contributed by atoms with Crippen LogP contribution >= 0.6 is 12.2 Å². The molecule has 1 rings (SSSR count). The fourth-order valence-corrected chi connectivity index (χ4v) is 2.55. The zero-order valence-corrected chi connectivity index (χ0v) is 12.8. The molecule has 0 spiro atoms. The predicted molar refractivity (Wildman–Crippen MR) is 83.2 cm³/mol. The van der Waals surface area contributed by atoms with E-state index in [1.807, 2.05) is 6.08 Å². The number of cyclic esters (lactones) is 1. The Morgan fingerprint density at radius 3 is 2.37 bits per heavy atom. The Balaban J connectivity index is 1.93. The normalized spacial score (nSPS) is 19.3. The summed E-state index contributed by atoms with van der Waals surface area (Å²) in [5.74, 6) is -0.150. The lowest BCUT2D eigenvalue weighted by molar-refractivity contribution is -0.133. The molecule has 1 fully saturated rings. The highest BCUT2D eigenvalue weighted by atomic mass is 32.1. The second-order valence-electron chi connectivity index (χ2n) is 5.30. The fourth-order valence-electron chi connectivity index (χ4n) is 2.30. The van der Waals surface area contributed by atoms with Crippen molar-refractivity contribution >= 4 is 23.2 Å². The molecule has 1 aliphatic heterocycles. The number of thiocarbonyl (C=S) groups is 1. The van der Waals surface area contributed by atoms with Gasteiger partial charge in [0.15, 0.2) is 5.05 Å². The van der Waals surface area contributed by atoms with Gasteiger partial charge in [0.1, 0.15) is 0 Å². The molecule has 1 aliphatic rings. The van der Waals surface area contributed by atoms with Crippen LogP contribution in [0.4, 0.5) is 0 Å². The van der Waals surface area contributed by atoms with E-state index in [1.54, 1.807) is 0 Å². The van der Waals surface area contributed by atoms with Gasteiger partial charge < -0.3 is 4.74 Å². The van der Waals surface area contributed by atoms with Crippen LogP contribution in [0.2, 0.25) is 0 Å². The highest BCUT2D eigenvalue weighted by Gasteiger charge is 2.27. The van der Waals surface area contributed by atoms with Gasteiger partial charge in [-0.25, -0.2) is 0 Å². The average Bonchev–Trinajstić information content (AvgIpc) is 2.70. The van der Waals surface area contributed by atoms with Crippen molar-refractivity contribution in [1.29, 1.82) is 0 Å². The van der Waals surface area contributed by atoms with Gasteiger partial charge in [0.2, 0.25) is 0 Å². The van der Waals surface area contributed by atoms with Crippen molar-refractivity contribution in [2.24, 2.45) is 5.92 Å². The Kier molecular flexibility index (Phi) is 8.72. The van der Waals surface area contributed by atoms with Crippen molar-refractivity contribution in [3.05, 3.63) is 12.2 Å². The number of hydrogen-bond acceptors (Lipinski definition) is 3. The van der Waals surface area contributed by atoms with Crippen molar-refractivity contribution in [1.82, 2.24) is 0 Å². The quantitative estimate of drug-likeness (QED) is 0.245. The summed E-state index contributed by atoms with van der Waals surface area (Å²) in [6, 6.07) is 0. The molecule has 0 bridgehead atoms. The largest absolute Gasteiger partial charge is 0.418 e. The molecule has 1 heterocycles. The molecule has 0 aromatic rings. The third-order valence-electron chi connectivity index (χ3n) is 3.50. The summed E-state index contributed by atoms with van der Waals surface area (Å²) in [5.41, 5.74) is 0. The van der Waals surface area contributed by atoms with Crippen molar-refractivity contribution in [3.8, 4) is 0 Å². The van der Waals surface area contributed by atoms with Crippen molar-refractivity contribution < 1.29 is 9.53 Å². The summed E-state index contributed by atoms with van der Waals surface area (Å²) in [6.07, 6.45) is 16.4. The van der Waals surface area contributed by atoms with Crippen LogP contribution in [-0.4, -0.2) is 11.0 Å². The molecule has 1 saturated heterocycles. The molecule has 2 nitrogen and oxygen atoms in total. The van der Waals surface area contributed by atoms with Gasteiger partial charge in [-0.05, 0) is 25.1 Å². The molecule has 108 valence electrons. The summed E-state index contributed by atoms with van der Waals surface area (Å²) >= 11 is 4.99. The Hall–Kier alpha value is -0.700. The first kappa shape index (κ1) is 16.4. The number of ether oxygens (including phenoxy) is 1. The van der Waals surface area contributed by atoms with Gasteiger partial charge in [-0.3, -0.25) is 4.79 Å². The van der Waals surface area contributed by atoms with E-state index in [2.05, 4.69) is 13.0 Å². The van der Waals surface area contributed by atoms with Crippen LogP contribution in [0.15, 0.2) is 12.2 Å². The first-order chi connectivity index (χ1) is 9.24. The molecule has 0 saturated carbocycles.